The second-order valence-electron chi connectivity index (χ2n) is 7.89. The molecule has 4 heteroatoms. The van der Waals surface area contributed by atoms with E-state index in [-0.39, 0.29) is 6.09 Å². The lowest BCUT2D eigenvalue weighted by Gasteiger charge is -2.50. The number of nitrogens with one attached hydrogen (secondary N) is 1. The molecule has 0 saturated heterocycles. The van der Waals surface area contributed by atoms with E-state index in [1.165, 1.54) is 38.5 Å². The second kappa shape index (κ2) is 6.89. The van der Waals surface area contributed by atoms with Gasteiger partial charge >= 0.3 is 6.09 Å². The van der Waals surface area contributed by atoms with Gasteiger partial charge in [0, 0.05) is 17.4 Å². The monoisotopic (exact) mass is 343 g/mol. The molecule has 0 aromatic heterocycles. The molecule has 1 amide bonds. The molecule has 1 N–H and O–H groups in total. The average molecular weight is 343 g/mol. The van der Waals surface area contributed by atoms with Crippen LogP contribution in [-0.2, 0) is 10.3 Å². The van der Waals surface area contributed by atoms with Gasteiger partial charge in [0.2, 0.25) is 0 Å². The van der Waals surface area contributed by atoms with Crippen LogP contribution in [0.2, 0.25) is 0 Å². The van der Waals surface area contributed by atoms with Crippen molar-refractivity contribution >= 4 is 11.8 Å². The topological polar surface area (TPSA) is 47.6 Å². The number of benzene rings is 1. The van der Waals surface area contributed by atoms with Crippen LogP contribution in [0, 0.1) is 11.8 Å². The standard InChI is InChI=1S/C21H29NO3/c1-24-17-12-13-19-18(14-17)21(25-20(23)22-19,15-8-4-2-5-9-15)16-10-6-3-7-11-16/h12-16H,2-11H2,1H3,(H,22,23). The highest BCUT2D eigenvalue weighted by atomic mass is 16.6. The van der Waals surface area contributed by atoms with Crippen LogP contribution in [0.4, 0.5) is 10.5 Å². The summed E-state index contributed by atoms with van der Waals surface area (Å²) in [6.45, 7) is 0. The van der Waals surface area contributed by atoms with Gasteiger partial charge in [-0.1, -0.05) is 38.5 Å². The fraction of sp³-hybridized carbons (Fsp3) is 0.667. The highest BCUT2D eigenvalue weighted by Gasteiger charge is 2.53. The maximum absolute atomic E-state index is 12.5. The van der Waals surface area contributed by atoms with Gasteiger partial charge in [-0.2, -0.15) is 0 Å². The predicted molar refractivity (Wildman–Crippen MR) is 97.9 cm³/mol. The van der Waals surface area contributed by atoms with Crippen LogP contribution < -0.4 is 10.1 Å². The first kappa shape index (κ1) is 16.7. The molecule has 1 aromatic carbocycles. The lowest BCUT2D eigenvalue weighted by atomic mass is 9.62. The summed E-state index contributed by atoms with van der Waals surface area (Å²) in [5.41, 5.74) is 1.57. The first-order valence-corrected chi connectivity index (χ1v) is 9.92. The Kier molecular flexibility index (Phi) is 4.61. The van der Waals surface area contributed by atoms with E-state index in [0.717, 1.165) is 42.7 Å². The fourth-order valence-electron chi connectivity index (χ4n) is 5.43. The molecule has 1 heterocycles. The van der Waals surface area contributed by atoms with Crippen molar-refractivity contribution in [3.63, 3.8) is 0 Å². The lowest BCUT2D eigenvalue weighted by molar-refractivity contribution is -0.104. The van der Waals surface area contributed by atoms with Crippen molar-refractivity contribution in [3.8, 4) is 5.75 Å². The number of cyclic esters (lactones) is 1. The number of amides is 1. The Morgan fingerprint density at radius 1 is 1.00 bits per heavy atom. The molecule has 2 aliphatic carbocycles. The van der Waals surface area contributed by atoms with Crippen molar-refractivity contribution in [2.75, 3.05) is 12.4 Å². The quantitative estimate of drug-likeness (QED) is 0.775. The molecule has 1 aliphatic heterocycles. The third-order valence-electron chi connectivity index (χ3n) is 6.57. The summed E-state index contributed by atoms with van der Waals surface area (Å²) in [5.74, 6) is 1.68. The zero-order valence-electron chi connectivity index (χ0n) is 15.2. The van der Waals surface area contributed by atoms with E-state index < -0.39 is 5.60 Å². The zero-order valence-corrected chi connectivity index (χ0v) is 15.2. The molecular weight excluding hydrogens is 314 g/mol. The molecule has 25 heavy (non-hydrogen) atoms. The summed E-state index contributed by atoms with van der Waals surface area (Å²) < 4.78 is 11.8. The van der Waals surface area contributed by atoms with Gasteiger partial charge in [-0.25, -0.2) is 4.79 Å². The molecule has 0 atom stereocenters. The first-order valence-electron chi connectivity index (χ1n) is 9.92. The van der Waals surface area contributed by atoms with E-state index in [1.54, 1.807) is 7.11 Å². The van der Waals surface area contributed by atoms with E-state index >= 15 is 0 Å². The molecule has 3 aliphatic rings. The van der Waals surface area contributed by atoms with Crippen LogP contribution in [0.15, 0.2) is 18.2 Å². The molecule has 0 spiro atoms. The van der Waals surface area contributed by atoms with E-state index in [2.05, 4.69) is 11.4 Å². The normalized spacial score (nSPS) is 24.1. The number of fused-ring (bicyclic) bond motifs is 1. The Labute approximate surface area is 150 Å². The van der Waals surface area contributed by atoms with Gasteiger partial charge in [0.1, 0.15) is 11.4 Å². The van der Waals surface area contributed by atoms with Crippen molar-refractivity contribution in [3.05, 3.63) is 23.8 Å². The van der Waals surface area contributed by atoms with Gasteiger partial charge < -0.3 is 9.47 Å². The van der Waals surface area contributed by atoms with Crippen molar-refractivity contribution in [2.24, 2.45) is 11.8 Å². The van der Waals surface area contributed by atoms with Crippen LogP contribution in [0.25, 0.3) is 0 Å². The minimum Gasteiger partial charge on any atom is -0.497 e. The van der Waals surface area contributed by atoms with Crippen molar-refractivity contribution < 1.29 is 14.3 Å². The molecule has 0 radical (unpaired) electrons. The lowest BCUT2D eigenvalue weighted by Crippen LogP contribution is -2.51. The maximum Gasteiger partial charge on any atom is 0.412 e. The Hall–Kier alpha value is -1.71. The Morgan fingerprint density at radius 2 is 1.60 bits per heavy atom. The number of rotatable bonds is 3. The fourth-order valence-corrected chi connectivity index (χ4v) is 5.43. The highest BCUT2D eigenvalue weighted by Crippen LogP contribution is 2.55. The summed E-state index contributed by atoms with van der Waals surface area (Å²) in [5, 5.41) is 2.93. The highest BCUT2D eigenvalue weighted by molar-refractivity contribution is 5.89. The SMILES string of the molecule is COc1ccc2c(c1)C(C1CCCCC1)(C1CCCCC1)OC(=O)N2. The number of carbonyl (C=O) groups excluding carboxylic acids is 1. The third-order valence-corrected chi connectivity index (χ3v) is 6.57. The van der Waals surface area contributed by atoms with Gasteiger partial charge in [0.15, 0.2) is 0 Å². The average Bonchev–Trinajstić information content (AvgIpc) is 2.68. The number of carbonyl (C=O) groups is 1. The minimum atomic E-state index is -0.479. The van der Waals surface area contributed by atoms with E-state index in [1.807, 2.05) is 12.1 Å². The number of anilines is 1. The van der Waals surface area contributed by atoms with Crippen LogP contribution >= 0.6 is 0 Å². The summed E-state index contributed by atoms with van der Waals surface area (Å²) in [6.07, 6.45) is 11.9. The molecule has 0 bridgehead atoms. The van der Waals surface area contributed by atoms with Crippen molar-refractivity contribution in [2.45, 2.75) is 69.8 Å². The van der Waals surface area contributed by atoms with Gasteiger partial charge in [0.25, 0.3) is 0 Å². The smallest absolute Gasteiger partial charge is 0.412 e. The van der Waals surface area contributed by atoms with Crippen LogP contribution in [-0.4, -0.2) is 13.2 Å². The number of hydrogen-bond donors (Lipinski definition) is 1. The van der Waals surface area contributed by atoms with Crippen molar-refractivity contribution in [1.29, 1.82) is 0 Å². The Bertz CT molecular complexity index is 612. The minimum absolute atomic E-state index is 0.284. The largest absolute Gasteiger partial charge is 0.497 e. The number of ether oxygens (including phenoxy) is 2. The van der Waals surface area contributed by atoms with Crippen molar-refractivity contribution in [1.82, 2.24) is 0 Å². The van der Waals surface area contributed by atoms with Crippen LogP contribution in [0.1, 0.15) is 69.8 Å². The third kappa shape index (κ3) is 2.90. The van der Waals surface area contributed by atoms with E-state index in [4.69, 9.17) is 9.47 Å². The Balaban J connectivity index is 1.85. The summed E-state index contributed by atoms with van der Waals surface area (Å²) >= 11 is 0. The number of hydrogen-bond acceptors (Lipinski definition) is 3. The predicted octanol–water partition coefficient (Wildman–Crippen LogP) is 5.61. The second-order valence-corrected chi connectivity index (χ2v) is 7.89. The zero-order chi connectivity index (χ0) is 17.3. The number of methoxy groups -OCH3 is 1. The van der Waals surface area contributed by atoms with Gasteiger partial charge in [-0.05, 0) is 43.9 Å². The van der Waals surface area contributed by atoms with Gasteiger partial charge in [-0.3, -0.25) is 5.32 Å². The maximum atomic E-state index is 12.5. The van der Waals surface area contributed by atoms with E-state index in [0.29, 0.717) is 11.8 Å². The summed E-state index contributed by atoms with van der Waals surface area (Å²) in [7, 11) is 1.70. The molecule has 136 valence electrons. The molecular formula is C21H29NO3. The molecule has 0 unspecified atom stereocenters. The van der Waals surface area contributed by atoms with E-state index in [9.17, 15) is 4.79 Å². The summed E-state index contributed by atoms with van der Waals surface area (Å²) in [4.78, 5) is 12.5. The first-order chi connectivity index (χ1) is 12.2. The summed E-state index contributed by atoms with van der Waals surface area (Å²) in [6, 6.07) is 6.02. The van der Waals surface area contributed by atoms with Gasteiger partial charge in [-0.15, -0.1) is 0 Å². The van der Waals surface area contributed by atoms with Crippen LogP contribution in [0.3, 0.4) is 0 Å². The Morgan fingerprint density at radius 3 is 2.16 bits per heavy atom. The molecule has 2 saturated carbocycles. The molecule has 2 fully saturated rings. The molecule has 4 rings (SSSR count). The molecule has 1 aromatic rings. The van der Waals surface area contributed by atoms with Gasteiger partial charge in [0.05, 0.1) is 12.8 Å². The molecule has 4 nitrogen and oxygen atoms in total. The van der Waals surface area contributed by atoms with Crippen LogP contribution in [0.5, 0.6) is 5.75 Å².